The number of benzene rings is 1. The highest BCUT2D eigenvalue weighted by Crippen LogP contribution is 2.54. The van der Waals surface area contributed by atoms with Crippen molar-refractivity contribution in [1.82, 2.24) is 10.2 Å². The van der Waals surface area contributed by atoms with Crippen molar-refractivity contribution in [3.8, 4) is 0 Å². The first-order valence-corrected chi connectivity index (χ1v) is 8.81. The molecule has 1 amide bonds. The van der Waals surface area contributed by atoms with Crippen LogP contribution < -0.4 is 5.32 Å². The number of carbonyl (C=O) groups is 2. The number of likely N-dealkylation sites (tertiary alicyclic amines) is 1. The number of nitrogens with one attached hydrogen (secondary N) is 1. The van der Waals surface area contributed by atoms with E-state index in [0.29, 0.717) is 12.3 Å². The third kappa shape index (κ3) is 2.34. The van der Waals surface area contributed by atoms with Gasteiger partial charge in [0.15, 0.2) is 0 Å². The van der Waals surface area contributed by atoms with Crippen LogP contribution in [0.5, 0.6) is 0 Å². The summed E-state index contributed by atoms with van der Waals surface area (Å²) in [5, 5.41) is 3.46. The van der Waals surface area contributed by atoms with Crippen LogP contribution in [0.1, 0.15) is 42.9 Å². The van der Waals surface area contributed by atoms with E-state index in [4.69, 9.17) is 4.74 Å². The van der Waals surface area contributed by atoms with Crippen molar-refractivity contribution in [2.45, 2.75) is 37.1 Å². The largest absolute Gasteiger partial charge is 0.468 e. The lowest BCUT2D eigenvalue weighted by atomic mass is 9.60. The maximum atomic E-state index is 12.6. The highest BCUT2D eigenvalue weighted by Gasteiger charge is 2.51. The first-order valence-electron chi connectivity index (χ1n) is 8.81. The lowest BCUT2D eigenvalue weighted by Gasteiger charge is -2.47. The van der Waals surface area contributed by atoms with Gasteiger partial charge >= 0.3 is 5.97 Å². The fraction of sp³-hybridized carbons (Fsp3) is 0.579. The number of esters is 1. The molecular formula is C19H24N2O3. The molecule has 5 heteroatoms. The molecule has 0 aromatic heterocycles. The minimum Gasteiger partial charge on any atom is -0.468 e. The number of hydrogen-bond donors (Lipinski definition) is 1. The van der Waals surface area contributed by atoms with E-state index in [1.165, 1.54) is 18.2 Å². The van der Waals surface area contributed by atoms with Crippen LogP contribution in [0, 0.1) is 5.92 Å². The van der Waals surface area contributed by atoms with Gasteiger partial charge in [-0.3, -0.25) is 9.59 Å². The summed E-state index contributed by atoms with van der Waals surface area (Å²) in [5.41, 5.74) is 2.81. The number of amides is 1. The maximum Gasteiger partial charge on any atom is 0.325 e. The average Bonchev–Trinajstić information content (AvgIpc) is 2.91. The molecule has 2 aliphatic heterocycles. The highest BCUT2D eigenvalue weighted by atomic mass is 16.5. The van der Waals surface area contributed by atoms with Crippen LogP contribution in [-0.2, 0) is 19.7 Å². The first kappa shape index (κ1) is 15.6. The number of rotatable bonds is 2. The van der Waals surface area contributed by atoms with Gasteiger partial charge in [0.1, 0.15) is 6.54 Å². The van der Waals surface area contributed by atoms with Crippen LogP contribution in [0.4, 0.5) is 0 Å². The molecule has 128 valence electrons. The molecule has 1 aliphatic carbocycles. The lowest BCUT2D eigenvalue weighted by molar-refractivity contribution is -0.146. The third-order valence-electron chi connectivity index (χ3n) is 6.13. The quantitative estimate of drug-likeness (QED) is 0.841. The molecule has 0 unspecified atom stereocenters. The Labute approximate surface area is 142 Å². The van der Waals surface area contributed by atoms with Gasteiger partial charge in [-0.1, -0.05) is 24.3 Å². The third-order valence-corrected chi connectivity index (χ3v) is 6.13. The number of fused-ring (bicyclic) bond motifs is 4. The SMILES string of the molecule is COC(=O)CN1C(=O)C[C@H]2CC3(CCNCC3)c3ccccc3[C@H]21. The fourth-order valence-electron chi connectivity index (χ4n) is 5.09. The zero-order valence-corrected chi connectivity index (χ0v) is 14.1. The van der Waals surface area contributed by atoms with Crippen LogP contribution in [0.25, 0.3) is 0 Å². The van der Waals surface area contributed by atoms with Gasteiger partial charge in [0.25, 0.3) is 0 Å². The summed E-state index contributed by atoms with van der Waals surface area (Å²) < 4.78 is 4.80. The summed E-state index contributed by atoms with van der Waals surface area (Å²) in [4.78, 5) is 26.1. The molecule has 0 bridgehead atoms. The summed E-state index contributed by atoms with van der Waals surface area (Å²) in [6.45, 7) is 2.12. The van der Waals surface area contributed by atoms with Gasteiger partial charge in [0.2, 0.25) is 5.91 Å². The molecule has 24 heavy (non-hydrogen) atoms. The summed E-state index contributed by atoms with van der Waals surface area (Å²) in [6.07, 6.45) is 3.84. The Bertz CT molecular complexity index is 666. The predicted molar refractivity (Wildman–Crippen MR) is 89.4 cm³/mol. The average molecular weight is 328 g/mol. The summed E-state index contributed by atoms with van der Waals surface area (Å²) >= 11 is 0. The Balaban J connectivity index is 1.75. The van der Waals surface area contributed by atoms with E-state index in [2.05, 4.69) is 29.6 Å². The molecular weight excluding hydrogens is 304 g/mol. The van der Waals surface area contributed by atoms with Crippen molar-refractivity contribution < 1.29 is 14.3 Å². The molecule has 0 saturated carbocycles. The minimum absolute atomic E-state index is 0.0216. The van der Waals surface area contributed by atoms with Gasteiger partial charge in [0.05, 0.1) is 13.2 Å². The van der Waals surface area contributed by atoms with Gasteiger partial charge in [-0.2, -0.15) is 0 Å². The van der Waals surface area contributed by atoms with Crippen molar-refractivity contribution in [3.63, 3.8) is 0 Å². The second-order valence-electron chi connectivity index (χ2n) is 7.33. The number of methoxy groups -OCH3 is 1. The molecule has 0 radical (unpaired) electrons. The summed E-state index contributed by atoms with van der Waals surface area (Å²) in [7, 11) is 1.37. The molecule has 1 aromatic carbocycles. The Kier molecular flexibility index (Phi) is 3.83. The van der Waals surface area contributed by atoms with E-state index in [9.17, 15) is 9.59 Å². The summed E-state index contributed by atoms with van der Waals surface area (Å²) in [6, 6.07) is 8.56. The van der Waals surface area contributed by atoms with Crippen LogP contribution in [0.2, 0.25) is 0 Å². The van der Waals surface area contributed by atoms with Crippen molar-refractivity contribution in [1.29, 1.82) is 0 Å². The normalized spacial score (nSPS) is 27.7. The van der Waals surface area contributed by atoms with Crippen LogP contribution >= 0.6 is 0 Å². The van der Waals surface area contributed by atoms with E-state index in [1.54, 1.807) is 4.90 Å². The van der Waals surface area contributed by atoms with Gasteiger partial charge in [-0.25, -0.2) is 0 Å². The van der Waals surface area contributed by atoms with E-state index >= 15 is 0 Å². The molecule has 2 saturated heterocycles. The molecule has 2 atom stereocenters. The first-order chi connectivity index (χ1) is 11.6. The monoisotopic (exact) mass is 328 g/mol. The smallest absolute Gasteiger partial charge is 0.325 e. The van der Waals surface area contributed by atoms with E-state index in [1.807, 2.05) is 0 Å². The van der Waals surface area contributed by atoms with Gasteiger partial charge in [-0.05, 0) is 54.8 Å². The standard InChI is InChI=1S/C19H24N2O3/c1-24-17(23)12-21-16(22)10-13-11-19(6-8-20-9-7-19)15-5-3-2-4-14(15)18(13)21/h2-5,13,18,20H,6-12H2,1H3/t13-,18-/m0/s1. The van der Waals surface area contributed by atoms with Crippen molar-refractivity contribution >= 4 is 11.9 Å². The predicted octanol–water partition coefficient (Wildman–Crippen LogP) is 1.77. The Morgan fingerprint density at radius 1 is 1.33 bits per heavy atom. The Morgan fingerprint density at radius 2 is 2.08 bits per heavy atom. The fourth-order valence-corrected chi connectivity index (χ4v) is 5.09. The molecule has 3 aliphatic rings. The van der Waals surface area contributed by atoms with Crippen LogP contribution in [0.3, 0.4) is 0 Å². The molecule has 5 nitrogen and oxygen atoms in total. The van der Waals surface area contributed by atoms with Crippen molar-refractivity contribution in [3.05, 3.63) is 35.4 Å². The van der Waals surface area contributed by atoms with Gasteiger partial charge < -0.3 is 15.0 Å². The molecule has 1 aromatic rings. The number of hydrogen-bond acceptors (Lipinski definition) is 4. The lowest BCUT2D eigenvalue weighted by Crippen LogP contribution is -2.46. The molecule has 4 rings (SSSR count). The zero-order valence-electron chi connectivity index (χ0n) is 14.1. The highest BCUT2D eigenvalue weighted by molar-refractivity contribution is 5.85. The van der Waals surface area contributed by atoms with Gasteiger partial charge in [-0.15, -0.1) is 0 Å². The number of ether oxygens (including phenoxy) is 1. The molecule has 1 spiro atoms. The van der Waals surface area contributed by atoms with Crippen molar-refractivity contribution in [2.24, 2.45) is 5.92 Å². The minimum atomic E-state index is -0.344. The van der Waals surface area contributed by atoms with E-state index in [-0.39, 0.29) is 29.9 Å². The number of carbonyl (C=O) groups excluding carboxylic acids is 2. The van der Waals surface area contributed by atoms with E-state index < -0.39 is 0 Å². The zero-order chi connectivity index (χ0) is 16.7. The van der Waals surface area contributed by atoms with E-state index in [0.717, 1.165) is 32.4 Å². The second-order valence-corrected chi connectivity index (χ2v) is 7.33. The Hall–Kier alpha value is -1.88. The van der Waals surface area contributed by atoms with Crippen LogP contribution in [-0.4, -0.2) is 43.5 Å². The van der Waals surface area contributed by atoms with Gasteiger partial charge in [0, 0.05) is 6.42 Å². The van der Waals surface area contributed by atoms with Crippen molar-refractivity contribution in [2.75, 3.05) is 26.7 Å². The molecule has 2 heterocycles. The maximum absolute atomic E-state index is 12.6. The topological polar surface area (TPSA) is 58.6 Å². The molecule has 2 fully saturated rings. The molecule has 1 N–H and O–H groups in total. The van der Waals surface area contributed by atoms with Crippen LogP contribution in [0.15, 0.2) is 24.3 Å². The number of piperidine rings is 1. The Morgan fingerprint density at radius 3 is 2.83 bits per heavy atom. The summed E-state index contributed by atoms with van der Waals surface area (Å²) in [5.74, 6) is 0.0370. The second kappa shape index (κ2) is 5.88. The number of nitrogens with zero attached hydrogens (tertiary/aromatic N) is 1.